The molecule has 2 aliphatic heterocycles. The molecule has 2 atom stereocenters. The van der Waals surface area contributed by atoms with Gasteiger partial charge >= 0.3 is 5.97 Å². The molecular formula is C12H13NO5. The Kier molecular flexibility index (Phi) is 3.18. The first-order valence-electron chi connectivity index (χ1n) is 5.48. The van der Waals surface area contributed by atoms with Gasteiger partial charge in [-0.2, -0.15) is 0 Å². The van der Waals surface area contributed by atoms with E-state index in [4.69, 9.17) is 4.74 Å². The summed E-state index contributed by atoms with van der Waals surface area (Å²) in [6, 6.07) is -0.943. The summed E-state index contributed by atoms with van der Waals surface area (Å²) in [6.45, 7) is 3.53. The van der Waals surface area contributed by atoms with E-state index in [2.05, 4.69) is 11.3 Å². The molecule has 2 heterocycles. The molecule has 0 aromatic carbocycles. The lowest BCUT2D eigenvalue weighted by Crippen LogP contribution is -2.55. The molecule has 0 aliphatic carbocycles. The number of amides is 1. The highest BCUT2D eigenvalue weighted by Crippen LogP contribution is 2.38. The molecule has 18 heavy (non-hydrogen) atoms. The highest BCUT2D eigenvalue weighted by molar-refractivity contribution is 5.93. The van der Waals surface area contributed by atoms with Crippen molar-refractivity contribution >= 4 is 18.2 Å². The summed E-state index contributed by atoms with van der Waals surface area (Å²) in [4.78, 5) is 35.5. The zero-order valence-electron chi connectivity index (χ0n) is 9.92. The minimum absolute atomic E-state index is 0.186. The quantitative estimate of drug-likeness (QED) is 0.234. The standard InChI is InChI=1S/C12H13NO5/c1-3-4-7(6-14)11-10(12(16)17-2)13-8(15)5-9(13)18-11/h3,6,9-10H,1,4-5H2,2H3/b11-7-/t9-,10?/m1/s1. The van der Waals surface area contributed by atoms with E-state index in [0.29, 0.717) is 11.9 Å². The van der Waals surface area contributed by atoms with Gasteiger partial charge < -0.3 is 9.47 Å². The molecule has 2 rings (SSSR count). The molecular weight excluding hydrogens is 238 g/mol. The average Bonchev–Trinajstić information content (AvgIpc) is 2.67. The number of esters is 1. The predicted octanol–water partition coefficient (Wildman–Crippen LogP) is 0.146. The number of aldehydes is 1. The van der Waals surface area contributed by atoms with Gasteiger partial charge in [0.1, 0.15) is 12.0 Å². The fourth-order valence-corrected chi connectivity index (χ4v) is 2.09. The number of methoxy groups -OCH3 is 1. The summed E-state index contributed by atoms with van der Waals surface area (Å²) < 4.78 is 10.1. The number of hydrogen-bond acceptors (Lipinski definition) is 5. The van der Waals surface area contributed by atoms with Gasteiger partial charge in [-0.25, -0.2) is 4.79 Å². The van der Waals surface area contributed by atoms with Crippen LogP contribution in [0, 0.1) is 0 Å². The lowest BCUT2D eigenvalue weighted by atomic mass is 10.0. The molecule has 2 fully saturated rings. The van der Waals surface area contributed by atoms with E-state index in [1.54, 1.807) is 0 Å². The highest BCUT2D eigenvalue weighted by Gasteiger charge is 2.54. The number of nitrogens with zero attached hydrogens (tertiary/aromatic N) is 1. The first-order chi connectivity index (χ1) is 8.63. The van der Waals surface area contributed by atoms with Crippen molar-refractivity contribution in [2.75, 3.05) is 7.11 Å². The number of fused-ring (bicyclic) bond motifs is 1. The van der Waals surface area contributed by atoms with Crippen LogP contribution in [0.2, 0.25) is 0 Å². The third-order valence-electron chi connectivity index (χ3n) is 2.98. The van der Waals surface area contributed by atoms with E-state index >= 15 is 0 Å². The van der Waals surface area contributed by atoms with Crippen LogP contribution in [0.15, 0.2) is 24.0 Å². The van der Waals surface area contributed by atoms with Crippen molar-refractivity contribution in [3.05, 3.63) is 24.0 Å². The Morgan fingerprint density at radius 1 is 1.67 bits per heavy atom. The van der Waals surface area contributed by atoms with E-state index in [1.165, 1.54) is 18.1 Å². The second-order valence-corrected chi connectivity index (χ2v) is 4.00. The van der Waals surface area contributed by atoms with Gasteiger partial charge in [0.15, 0.2) is 12.3 Å². The van der Waals surface area contributed by atoms with Crippen LogP contribution in [0.5, 0.6) is 0 Å². The van der Waals surface area contributed by atoms with E-state index in [9.17, 15) is 14.4 Å². The van der Waals surface area contributed by atoms with Crippen molar-refractivity contribution in [1.82, 2.24) is 4.90 Å². The number of carbonyl (C=O) groups is 3. The average molecular weight is 251 g/mol. The first kappa shape index (κ1) is 12.3. The van der Waals surface area contributed by atoms with Crippen LogP contribution in [0.4, 0.5) is 0 Å². The predicted molar refractivity (Wildman–Crippen MR) is 60.0 cm³/mol. The summed E-state index contributed by atoms with van der Waals surface area (Å²) in [7, 11) is 1.23. The Hall–Kier alpha value is -2.11. The number of rotatable bonds is 4. The van der Waals surface area contributed by atoms with Crippen molar-refractivity contribution in [1.29, 1.82) is 0 Å². The summed E-state index contributed by atoms with van der Waals surface area (Å²) in [6.07, 6.45) is 2.18. The lowest BCUT2D eigenvalue weighted by molar-refractivity contribution is -0.164. The molecule has 2 aliphatic rings. The van der Waals surface area contributed by atoms with E-state index in [0.717, 1.165) is 0 Å². The Bertz CT molecular complexity index is 453. The SMILES string of the molecule is C=CC/C(C=O)=C1/O[C@@H]2CC(=O)N2C1C(=O)OC. The summed E-state index contributed by atoms with van der Waals surface area (Å²) in [5.74, 6) is -0.592. The van der Waals surface area contributed by atoms with Gasteiger partial charge in [-0.05, 0) is 6.42 Å². The molecule has 6 heteroatoms. The minimum Gasteiger partial charge on any atom is -0.471 e. The molecule has 96 valence electrons. The molecule has 0 saturated carbocycles. The fourth-order valence-electron chi connectivity index (χ4n) is 2.09. The number of hydrogen-bond donors (Lipinski definition) is 0. The third kappa shape index (κ3) is 1.70. The highest BCUT2D eigenvalue weighted by atomic mass is 16.6. The maximum atomic E-state index is 11.7. The van der Waals surface area contributed by atoms with Crippen LogP contribution in [0.25, 0.3) is 0 Å². The number of β-lactam (4-membered cyclic amide) rings is 1. The summed E-state index contributed by atoms with van der Waals surface area (Å²) in [5.41, 5.74) is 0.308. The topological polar surface area (TPSA) is 72.9 Å². The van der Waals surface area contributed by atoms with Crippen LogP contribution in [0.1, 0.15) is 12.8 Å². The zero-order valence-corrected chi connectivity index (χ0v) is 9.92. The number of carbonyl (C=O) groups excluding carboxylic acids is 3. The second kappa shape index (κ2) is 4.64. The van der Waals surface area contributed by atoms with Crippen molar-refractivity contribution in [3.8, 4) is 0 Å². The Morgan fingerprint density at radius 3 is 2.89 bits per heavy atom. The van der Waals surface area contributed by atoms with Crippen molar-refractivity contribution in [2.24, 2.45) is 0 Å². The second-order valence-electron chi connectivity index (χ2n) is 4.00. The maximum Gasteiger partial charge on any atom is 0.336 e. The fraction of sp³-hybridized carbons (Fsp3) is 0.417. The molecule has 0 aromatic rings. The van der Waals surface area contributed by atoms with Gasteiger partial charge in [-0.15, -0.1) is 6.58 Å². The Balaban J connectivity index is 2.39. The molecule has 0 N–H and O–H groups in total. The van der Waals surface area contributed by atoms with E-state index in [-0.39, 0.29) is 24.5 Å². The van der Waals surface area contributed by atoms with Crippen LogP contribution in [-0.4, -0.2) is 42.4 Å². The van der Waals surface area contributed by atoms with Crippen LogP contribution in [-0.2, 0) is 23.9 Å². The molecule has 2 saturated heterocycles. The summed E-state index contributed by atoms with van der Waals surface area (Å²) in [5, 5.41) is 0. The van der Waals surface area contributed by atoms with Gasteiger partial charge in [0.2, 0.25) is 5.91 Å². The van der Waals surface area contributed by atoms with E-state index < -0.39 is 18.2 Å². The summed E-state index contributed by atoms with van der Waals surface area (Å²) >= 11 is 0. The van der Waals surface area contributed by atoms with Crippen LogP contribution in [0.3, 0.4) is 0 Å². The van der Waals surface area contributed by atoms with E-state index in [1.807, 2.05) is 0 Å². The molecule has 0 radical (unpaired) electrons. The van der Waals surface area contributed by atoms with Crippen molar-refractivity contribution in [3.63, 3.8) is 0 Å². The zero-order chi connectivity index (χ0) is 13.3. The van der Waals surface area contributed by atoms with Crippen LogP contribution < -0.4 is 0 Å². The number of ether oxygens (including phenoxy) is 2. The van der Waals surface area contributed by atoms with Gasteiger partial charge in [0.05, 0.1) is 13.5 Å². The Labute approximate surface area is 104 Å². The van der Waals surface area contributed by atoms with Gasteiger partial charge in [-0.1, -0.05) is 6.08 Å². The van der Waals surface area contributed by atoms with Gasteiger partial charge in [0, 0.05) is 5.57 Å². The maximum absolute atomic E-state index is 11.7. The van der Waals surface area contributed by atoms with Gasteiger partial charge in [-0.3, -0.25) is 14.5 Å². The first-order valence-corrected chi connectivity index (χ1v) is 5.48. The Morgan fingerprint density at radius 2 is 2.39 bits per heavy atom. The monoisotopic (exact) mass is 251 g/mol. The minimum atomic E-state index is -0.943. The molecule has 1 amide bonds. The third-order valence-corrected chi connectivity index (χ3v) is 2.98. The number of allylic oxidation sites excluding steroid dienone is 2. The van der Waals surface area contributed by atoms with Crippen molar-refractivity contribution < 1.29 is 23.9 Å². The van der Waals surface area contributed by atoms with Crippen LogP contribution >= 0.6 is 0 Å². The molecule has 0 spiro atoms. The molecule has 0 aromatic heterocycles. The normalized spacial score (nSPS) is 27.8. The van der Waals surface area contributed by atoms with Crippen molar-refractivity contribution in [2.45, 2.75) is 25.1 Å². The smallest absolute Gasteiger partial charge is 0.336 e. The van der Waals surface area contributed by atoms with Gasteiger partial charge in [0.25, 0.3) is 0 Å². The molecule has 0 bridgehead atoms. The molecule has 1 unspecified atom stereocenters. The largest absolute Gasteiger partial charge is 0.471 e. The molecule has 6 nitrogen and oxygen atoms in total. The lowest BCUT2D eigenvalue weighted by Gasteiger charge is -2.33.